The third-order valence-corrected chi connectivity index (χ3v) is 5.73. The van der Waals surface area contributed by atoms with Crippen LogP contribution in [0, 0.1) is 6.92 Å². The average Bonchev–Trinajstić information content (AvgIpc) is 3.24. The molecule has 4 aromatic rings. The second-order valence-electron chi connectivity index (χ2n) is 7.88. The van der Waals surface area contributed by atoms with Gasteiger partial charge in [-0.1, -0.05) is 66.7 Å². The smallest absolute Gasteiger partial charge is 0.251 e. The van der Waals surface area contributed by atoms with Crippen LogP contribution < -0.4 is 10.6 Å². The molecule has 0 aliphatic heterocycles. The Labute approximate surface area is 187 Å². The van der Waals surface area contributed by atoms with E-state index in [2.05, 4.69) is 39.9 Å². The Bertz CT molecular complexity index is 1210. The van der Waals surface area contributed by atoms with E-state index < -0.39 is 0 Å². The van der Waals surface area contributed by atoms with E-state index >= 15 is 0 Å². The summed E-state index contributed by atoms with van der Waals surface area (Å²) in [5.74, 6) is -0.217. The zero-order chi connectivity index (χ0) is 22.3. The first-order chi connectivity index (χ1) is 15.6. The van der Waals surface area contributed by atoms with E-state index in [4.69, 9.17) is 0 Å². The summed E-state index contributed by atoms with van der Waals surface area (Å²) in [6, 6.07) is 25.8. The number of aryl methyl sites for hydroxylation is 1. The fourth-order valence-corrected chi connectivity index (χ4v) is 3.99. The number of H-pyrrole nitrogens is 1. The number of benzene rings is 3. The number of nitrogens with one attached hydrogen (secondary N) is 3. The fourth-order valence-electron chi connectivity index (χ4n) is 3.99. The summed E-state index contributed by atoms with van der Waals surface area (Å²) in [5, 5.41) is 7.05. The Morgan fingerprint density at radius 1 is 0.875 bits per heavy atom. The zero-order valence-electron chi connectivity index (χ0n) is 18.1. The molecular formula is C27H27N3O2. The van der Waals surface area contributed by atoms with Crippen molar-refractivity contribution in [3.8, 4) is 0 Å². The molecule has 0 fully saturated rings. The predicted molar refractivity (Wildman–Crippen MR) is 128 cm³/mol. The second kappa shape index (κ2) is 9.96. The van der Waals surface area contributed by atoms with Crippen molar-refractivity contribution < 1.29 is 9.59 Å². The number of carbonyl (C=O) groups is 2. The Kier molecular flexibility index (Phi) is 6.66. The third kappa shape index (κ3) is 4.89. The summed E-state index contributed by atoms with van der Waals surface area (Å²) in [5.41, 5.74) is 4.93. The number of carbonyl (C=O) groups excluding carboxylic acids is 2. The molecule has 1 heterocycles. The maximum Gasteiger partial charge on any atom is 0.251 e. The van der Waals surface area contributed by atoms with Gasteiger partial charge in [-0.25, -0.2) is 0 Å². The minimum absolute atomic E-state index is 0.0258. The molecule has 0 aliphatic rings. The highest BCUT2D eigenvalue weighted by Crippen LogP contribution is 2.30. The summed E-state index contributed by atoms with van der Waals surface area (Å²) >= 11 is 0. The third-order valence-electron chi connectivity index (χ3n) is 5.73. The lowest BCUT2D eigenvalue weighted by Crippen LogP contribution is -2.33. The van der Waals surface area contributed by atoms with E-state index in [0.29, 0.717) is 18.7 Å². The quantitative estimate of drug-likeness (QED) is 0.388. The lowest BCUT2D eigenvalue weighted by atomic mass is 9.91. The number of fused-ring (bicyclic) bond motifs is 1. The van der Waals surface area contributed by atoms with Gasteiger partial charge in [-0.05, 0) is 35.7 Å². The van der Waals surface area contributed by atoms with Crippen molar-refractivity contribution in [2.24, 2.45) is 0 Å². The average molecular weight is 426 g/mol. The van der Waals surface area contributed by atoms with Crippen molar-refractivity contribution in [2.45, 2.75) is 19.3 Å². The minimum atomic E-state index is -0.156. The Morgan fingerprint density at radius 2 is 1.59 bits per heavy atom. The van der Waals surface area contributed by atoms with E-state index in [1.807, 2.05) is 61.7 Å². The van der Waals surface area contributed by atoms with Crippen LogP contribution in [0.3, 0.4) is 0 Å². The van der Waals surface area contributed by atoms with Gasteiger partial charge in [-0.15, -0.1) is 0 Å². The van der Waals surface area contributed by atoms with Crippen molar-refractivity contribution in [3.63, 3.8) is 0 Å². The van der Waals surface area contributed by atoms with E-state index in [1.165, 1.54) is 0 Å². The fraction of sp³-hybridized carbons (Fsp3) is 0.185. The molecule has 0 saturated heterocycles. The molecule has 32 heavy (non-hydrogen) atoms. The molecule has 0 aliphatic carbocycles. The highest BCUT2D eigenvalue weighted by Gasteiger charge is 2.19. The molecule has 5 heteroatoms. The van der Waals surface area contributed by atoms with Gasteiger partial charge in [0, 0.05) is 48.1 Å². The lowest BCUT2D eigenvalue weighted by molar-refractivity contribution is -0.120. The summed E-state index contributed by atoms with van der Waals surface area (Å²) in [7, 11) is 0. The van der Waals surface area contributed by atoms with Gasteiger partial charge in [-0.2, -0.15) is 0 Å². The number of amides is 2. The SMILES string of the molecule is Cc1ccccc1C(=O)NCCC(=O)NCC(c1ccccc1)c1c[nH]c2ccccc12. The van der Waals surface area contributed by atoms with Crippen LogP contribution in [0.4, 0.5) is 0 Å². The molecular weight excluding hydrogens is 398 g/mol. The lowest BCUT2D eigenvalue weighted by Gasteiger charge is -2.18. The summed E-state index contributed by atoms with van der Waals surface area (Å²) in [6.45, 7) is 2.68. The summed E-state index contributed by atoms with van der Waals surface area (Å²) in [4.78, 5) is 28.2. The van der Waals surface area contributed by atoms with E-state index in [-0.39, 0.29) is 24.2 Å². The van der Waals surface area contributed by atoms with Gasteiger partial charge in [-0.3, -0.25) is 9.59 Å². The molecule has 0 spiro atoms. The number of aromatic amines is 1. The van der Waals surface area contributed by atoms with Crippen LogP contribution in [0.1, 0.15) is 39.4 Å². The molecule has 2 amide bonds. The number of para-hydroxylation sites is 1. The van der Waals surface area contributed by atoms with Crippen LogP contribution in [0.25, 0.3) is 10.9 Å². The normalized spacial score (nSPS) is 11.8. The summed E-state index contributed by atoms with van der Waals surface area (Å²) < 4.78 is 0. The summed E-state index contributed by atoms with van der Waals surface area (Å²) in [6.07, 6.45) is 2.25. The second-order valence-corrected chi connectivity index (χ2v) is 7.88. The van der Waals surface area contributed by atoms with Crippen molar-refractivity contribution >= 4 is 22.7 Å². The highest BCUT2D eigenvalue weighted by molar-refractivity contribution is 5.95. The maximum absolute atomic E-state index is 12.5. The Hall–Kier alpha value is -3.86. The number of hydrogen-bond donors (Lipinski definition) is 3. The van der Waals surface area contributed by atoms with Crippen molar-refractivity contribution in [2.75, 3.05) is 13.1 Å². The molecule has 3 aromatic carbocycles. The molecule has 3 N–H and O–H groups in total. The molecule has 162 valence electrons. The van der Waals surface area contributed by atoms with Crippen LogP contribution in [0.2, 0.25) is 0 Å². The van der Waals surface area contributed by atoms with Crippen LogP contribution in [0.5, 0.6) is 0 Å². The van der Waals surface area contributed by atoms with Crippen LogP contribution in [-0.2, 0) is 4.79 Å². The van der Waals surface area contributed by atoms with Gasteiger partial charge >= 0.3 is 0 Å². The number of hydrogen-bond acceptors (Lipinski definition) is 2. The molecule has 5 nitrogen and oxygen atoms in total. The molecule has 1 atom stereocenters. The topological polar surface area (TPSA) is 74.0 Å². The van der Waals surface area contributed by atoms with Crippen LogP contribution in [0.15, 0.2) is 85.1 Å². The Balaban J connectivity index is 1.39. The molecule has 1 aromatic heterocycles. The Morgan fingerprint density at radius 3 is 2.41 bits per heavy atom. The standard InChI is InChI=1S/C27H27N3O2/c1-19-9-5-6-12-21(19)27(32)28-16-15-26(31)30-17-23(20-10-3-2-4-11-20)24-18-29-25-14-8-7-13-22(24)25/h2-14,18,23,29H,15-17H2,1H3,(H,28,32)(H,30,31). The predicted octanol–water partition coefficient (Wildman–Crippen LogP) is 4.54. The van der Waals surface area contributed by atoms with Gasteiger partial charge in [0.15, 0.2) is 0 Å². The molecule has 0 saturated carbocycles. The van der Waals surface area contributed by atoms with Gasteiger partial charge < -0.3 is 15.6 Å². The van der Waals surface area contributed by atoms with Gasteiger partial charge in [0.05, 0.1) is 0 Å². The van der Waals surface area contributed by atoms with Gasteiger partial charge in [0.1, 0.15) is 0 Å². The molecule has 0 bridgehead atoms. The molecule has 0 radical (unpaired) electrons. The monoisotopic (exact) mass is 425 g/mol. The number of rotatable bonds is 8. The highest BCUT2D eigenvalue weighted by atomic mass is 16.2. The number of aromatic nitrogens is 1. The maximum atomic E-state index is 12.5. The zero-order valence-corrected chi connectivity index (χ0v) is 18.1. The van der Waals surface area contributed by atoms with E-state index in [0.717, 1.165) is 27.6 Å². The van der Waals surface area contributed by atoms with Gasteiger partial charge in [0.25, 0.3) is 5.91 Å². The molecule has 4 rings (SSSR count). The van der Waals surface area contributed by atoms with Crippen molar-refractivity contribution in [1.82, 2.24) is 15.6 Å². The first-order valence-corrected chi connectivity index (χ1v) is 10.8. The molecule has 1 unspecified atom stereocenters. The first-order valence-electron chi connectivity index (χ1n) is 10.8. The van der Waals surface area contributed by atoms with Crippen molar-refractivity contribution in [3.05, 3.63) is 107 Å². The van der Waals surface area contributed by atoms with E-state index in [9.17, 15) is 9.59 Å². The van der Waals surface area contributed by atoms with Crippen LogP contribution >= 0.6 is 0 Å². The van der Waals surface area contributed by atoms with Gasteiger partial charge in [0.2, 0.25) is 5.91 Å². The van der Waals surface area contributed by atoms with Crippen molar-refractivity contribution in [1.29, 1.82) is 0 Å². The van der Waals surface area contributed by atoms with Crippen LogP contribution in [-0.4, -0.2) is 29.9 Å². The van der Waals surface area contributed by atoms with E-state index in [1.54, 1.807) is 6.07 Å². The largest absolute Gasteiger partial charge is 0.361 e. The first kappa shape index (κ1) is 21.4. The minimum Gasteiger partial charge on any atom is -0.361 e.